The lowest BCUT2D eigenvalue weighted by atomic mass is 9.79. The Kier molecular flexibility index (Phi) is 7.14. The van der Waals surface area contributed by atoms with Crippen LogP contribution in [0.1, 0.15) is 52.5 Å². The molecular weight excluding hydrogens is 376 g/mol. The molecule has 0 amide bonds. The van der Waals surface area contributed by atoms with Crippen LogP contribution in [-0.4, -0.2) is 29.6 Å². The molecule has 1 aliphatic heterocycles. The van der Waals surface area contributed by atoms with Crippen molar-refractivity contribution in [2.75, 3.05) is 6.61 Å². The van der Waals surface area contributed by atoms with Crippen LogP contribution in [0.4, 0.5) is 5.69 Å². The molecule has 29 heavy (non-hydrogen) atoms. The number of carbonyl (C=O) groups excluding carboxylic acids is 2. The smallest absolute Gasteiger partial charge is 0.337 e. The normalized spacial score (nSPS) is 16.6. The van der Waals surface area contributed by atoms with Gasteiger partial charge in [-0.25, -0.2) is 9.59 Å². The molecule has 1 heterocycles. The highest BCUT2D eigenvalue weighted by Gasteiger charge is 2.41. The van der Waals surface area contributed by atoms with Gasteiger partial charge in [0.25, 0.3) is 5.69 Å². The zero-order valence-electron chi connectivity index (χ0n) is 17.3. The van der Waals surface area contributed by atoms with Crippen LogP contribution in [0, 0.1) is 10.1 Å². The average molecular weight is 402 g/mol. The van der Waals surface area contributed by atoms with Crippen LogP contribution < -0.4 is 5.32 Å². The number of hydrogen-bond acceptors (Lipinski definition) is 7. The van der Waals surface area contributed by atoms with E-state index >= 15 is 0 Å². The van der Waals surface area contributed by atoms with Gasteiger partial charge in [-0.2, -0.15) is 0 Å². The molecular formula is C21H26N2O6. The van der Waals surface area contributed by atoms with Gasteiger partial charge in [-0.15, -0.1) is 0 Å². The first-order chi connectivity index (χ1) is 13.7. The summed E-state index contributed by atoms with van der Waals surface area (Å²) in [5.41, 5.74) is 1.32. The van der Waals surface area contributed by atoms with E-state index in [2.05, 4.69) is 5.32 Å². The summed E-state index contributed by atoms with van der Waals surface area (Å²) in [4.78, 5) is 36.9. The van der Waals surface area contributed by atoms with Gasteiger partial charge in [-0.1, -0.05) is 25.1 Å². The van der Waals surface area contributed by atoms with E-state index in [1.54, 1.807) is 39.8 Å². The predicted octanol–water partition coefficient (Wildman–Crippen LogP) is 3.73. The fourth-order valence-electron chi connectivity index (χ4n) is 3.29. The Balaban J connectivity index is 2.71. The van der Waals surface area contributed by atoms with Gasteiger partial charge in [-0.05, 0) is 34.1 Å². The van der Waals surface area contributed by atoms with Crippen molar-refractivity contribution < 1.29 is 24.0 Å². The Bertz CT molecular complexity index is 885. The van der Waals surface area contributed by atoms with E-state index in [4.69, 9.17) is 9.47 Å². The second-order valence-electron chi connectivity index (χ2n) is 7.04. The van der Waals surface area contributed by atoms with E-state index in [-0.39, 0.29) is 29.0 Å². The lowest BCUT2D eigenvalue weighted by molar-refractivity contribution is -0.385. The maximum atomic E-state index is 12.9. The Hall–Kier alpha value is -3.16. The number of esters is 2. The molecule has 0 aliphatic carbocycles. The third-order valence-electron chi connectivity index (χ3n) is 4.42. The largest absolute Gasteiger partial charge is 0.462 e. The highest BCUT2D eigenvalue weighted by Crippen LogP contribution is 2.42. The summed E-state index contributed by atoms with van der Waals surface area (Å²) in [5.74, 6) is -2.24. The van der Waals surface area contributed by atoms with Crippen LogP contribution in [0.5, 0.6) is 0 Å². The number of benzene rings is 1. The van der Waals surface area contributed by atoms with Crippen LogP contribution in [-0.2, 0) is 19.1 Å². The molecule has 156 valence electrons. The first-order valence-electron chi connectivity index (χ1n) is 9.48. The molecule has 8 heteroatoms. The number of nitro benzene ring substituents is 1. The number of carbonyl (C=O) groups is 2. The van der Waals surface area contributed by atoms with E-state index in [1.165, 1.54) is 12.1 Å². The van der Waals surface area contributed by atoms with Crippen molar-refractivity contribution in [3.63, 3.8) is 0 Å². The van der Waals surface area contributed by atoms with Crippen LogP contribution in [0.15, 0.2) is 46.8 Å². The van der Waals surface area contributed by atoms with Crippen molar-refractivity contribution in [2.24, 2.45) is 0 Å². The maximum absolute atomic E-state index is 12.9. The highest BCUT2D eigenvalue weighted by atomic mass is 16.6. The number of nitro groups is 1. The summed E-state index contributed by atoms with van der Waals surface area (Å²) in [6, 6.07) is 6.07. The molecule has 8 nitrogen and oxygen atoms in total. The number of nitrogens with zero attached hydrogens (tertiary/aromatic N) is 1. The third-order valence-corrected chi connectivity index (χ3v) is 4.42. The number of nitrogens with one attached hydrogen (secondary N) is 1. The molecule has 1 aromatic rings. The summed E-state index contributed by atoms with van der Waals surface area (Å²) in [6.07, 6.45) is 0.232. The van der Waals surface area contributed by atoms with E-state index in [9.17, 15) is 19.7 Å². The molecule has 1 aromatic carbocycles. The summed E-state index contributed by atoms with van der Waals surface area (Å²) in [5, 5.41) is 14.7. The van der Waals surface area contributed by atoms with Gasteiger partial charge in [0.1, 0.15) is 0 Å². The maximum Gasteiger partial charge on any atom is 0.337 e. The zero-order chi connectivity index (χ0) is 21.7. The minimum Gasteiger partial charge on any atom is -0.462 e. The Morgan fingerprint density at radius 2 is 1.72 bits per heavy atom. The molecule has 1 aliphatic rings. The monoisotopic (exact) mass is 402 g/mol. The molecule has 0 fully saturated rings. The number of dihydropyridines is 1. The van der Waals surface area contributed by atoms with Crippen molar-refractivity contribution in [2.45, 2.75) is 53.1 Å². The molecule has 0 saturated heterocycles. The minimum atomic E-state index is -0.978. The molecule has 1 atom stereocenters. The molecule has 1 unspecified atom stereocenters. The Morgan fingerprint density at radius 3 is 2.28 bits per heavy atom. The van der Waals surface area contributed by atoms with Gasteiger partial charge in [0, 0.05) is 23.0 Å². The molecule has 0 saturated carbocycles. The van der Waals surface area contributed by atoms with Crippen LogP contribution in [0.2, 0.25) is 0 Å². The fraction of sp³-hybridized carbons (Fsp3) is 0.429. The summed E-state index contributed by atoms with van der Waals surface area (Å²) in [6.45, 7) is 8.84. The summed E-state index contributed by atoms with van der Waals surface area (Å²) >= 11 is 0. The molecule has 0 spiro atoms. The van der Waals surface area contributed by atoms with Crippen molar-refractivity contribution in [1.82, 2.24) is 5.32 Å². The number of allylic oxidation sites excluding steroid dienone is 2. The van der Waals surface area contributed by atoms with Crippen LogP contribution in [0.25, 0.3) is 0 Å². The van der Waals surface area contributed by atoms with Gasteiger partial charge >= 0.3 is 11.9 Å². The van der Waals surface area contributed by atoms with E-state index in [1.807, 2.05) is 6.92 Å². The topological polar surface area (TPSA) is 108 Å². The van der Waals surface area contributed by atoms with E-state index in [0.717, 1.165) is 0 Å². The standard InChI is InChI=1S/C21H26N2O6/c1-6-11-28-20(24)17-13(4)22-14(5)18(21(25)29-12(2)3)19(17)15-9-7-8-10-16(15)23(26)27/h7-10,12,19,22H,6,11H2,1-5H3. The van der Waals surface area contributed by atoms with Gasteiger partial charge in [-0.3, -0.25) is 10.1 Å². The molecule has 0 aromatic heterocycles. The average Bonchev–Trinajstić information content (AvgIpc) is 2.64. The van der Waals surface area contributed by atoms with Crippen molar-refractivity contribution in [1.29, 1.82) is 0 Å². The van der Waals surface area contributed by atoms with Crippen molar-refractivity contribution >= 4 is 17.6 Å². The highest BCUT2D eigenvalue weighted by molar-refractivity contribution is 6.00. The molecule has 0 radical (unpaired) electrons. The number of rotatable bonds is 7. The number of ether oxygens (including phenoxy) is 2. The quantitative estimate of drug-likeness (QED) is 0.420. The molecule has 1 N–H and O–H groups in total. The van der Waals surface area contributed by atoms with E-state index in [0.29, 0.717) is 17.8 Å². The van der Waals surface area contributed by atoms with Gasteiger partial charge in [0.15, 0.2) is 0 Å². The van der Waals surface area contributed by atoms with Gasteiger partial charge in [0.05, 0.1) is 34.7 Å². The van der Waals surface area contributed by atoms with Crippen molar-refractivity contribution in [3.8, 4) is 0 Å². The van der Waals surface area contributed by atoms with Crippen molar-refractivity contribution in [3.05, 3.63) is 62.5 Å². The number of para-hydroxylation sites is 1. The SMILES string of the molecule is CCCOC(=O)C1=C(C)NC(C)=C(C(=O)OC(C)C)C1c1ccccc1[N+](=O)[O-]. The first kappa shape index (κ1) is 22.1. The third kappa shape index (κ3) is 4.82. The fourth-order valence-corrected chi connectivity index (χ4v) is 3.29. The molecule has 2 rings (SSSR count). The van der Waals surface area contributed by atoms with E-state index < -0.39 is 28.9 Å². The predicted molar refractivity (Wildman–Crippen MR) is 107 cm³/mol. The second kappa shape index (κ2) is 9.36. The van der Waals surface area contributed by atoms with Gasteiger partial charge < -0.3 is 14.8 Å². The lowest BCUT2D eigenvalue weighted by Gasteiger charge is -2.30. The number of hydrogen-bond donors (Lipinski definition) is 1. The Morgan fingerprint density at radius 1 is 1.14 bits per heavy atom. The minimum absolute atomic E-state index is 0.155. The second-order valence-corrected chi connectivity index (χ2v) is 7.04. The first-order valence-corrected chi connectivity index (χ1v) is 9.48. The summed E-state index contributed by atoms with van der Waals surface area (Å²) in [7, 11) is 0. The Labute approximate surface area is 169 Å². The van der Waals surface area contributed by atoms with Crippen LogP contribution >= 0.6 is 0 Å². The van der Waals surface area contributed by atoms with Crippen LogP contribution in [0.3, 0.4) is 0 Å². The zero-order valence-corrected chi connectivity index (χ0v) is 17.3. The summed E-state index contributed by atoms with van der Waals surface area (Å²) < 4.78 is 10.7. The lowest BCUT2D eigenvalue weighted by Crippen LogP contribution is -2.33. The van der Waals surface area contributed by atoms with Gasteiger partial charge in [0.2, 0.25) is 0 Å². The molecule has 0 bridgehead atoms.